The largest absolute Gasteiger partial charge is 0.507 e. The summed E-state index contributed by atoms with van der Waals surface area (Å²) >= 11 is 0. The van der Waals surface area contributed by atoms with Gasteiger partial charge in [0.05, 0.1) is 11.9 Å². The Balaban J connectivity index is 2.46. The number of hydrogen-bond acceptors (Lipinski definition) is 3. The number of benzene rings is 1. The van der Waals surface area contributed by atoms with E-state index in [1.807, 2.05) is 31.1 Å². The van der Waals surface area contributed by atoms with Crippen LogP contribution in [0, 0.1) is 0 Å². The van der Waals surface area contributed by atoms with Crippen molar-refractivity contribution in [3.05, 3.63) is 30.0 Å². The van der Waals surface area contributed by atoms with E-state index in [9.17, 15) is 5.11 Å². The first kappa shape index (κ1) is 9.09. The summed E-state index contributed by atoms with van der Waals surface area (Å²) in [5, 5.41) is 10.3. The maximum atomic E-state index is 9.55. The molecule has 0 saturated heterocycles. The molecular weight excluding hydrogens is 178 g/mol. The molecular formula is C11H13NO2. The van der Waals surface area contributed by atoms with Crippen molar-refractivity contribution in [3.63, 3.8) is 0 Å². The van der Waals surface area contributed by atoms with Gasteiger partial charge in [0, 0.05) is 0 Å². The van der Waals surface area contributed by atoms with Crippen LogP contribution in [0.3, 0.4) is 0 Å². The third-order valence-electron chi connectivity index (χ3n) is 2.06. The van der Waals surface area contributed by atoms with Crippen molar-refractivity contribution < 1.29 is 9.52 Å². The van der Waals surface area contributed by atoms with Crippen molar-refractivity contribution in [2.75, 3.05) is 14.1 Å². The highest BCUT2D eigenvalue weighted by molar-refractivity contribution is 5.84. The van der Waals surface area contributed by atoms with Gasteiger partial charge in [0.25, 0.3) is 0 Å². The molecule has 1 N–H and O–H groups in total. The normalized spacial score (nSPS) is 11.4. The SMILES string of the molecule is CN(C)Cc1cc2c(O)cccc2o1. The highest BCUT2D eigenvalue weighted by atomic mass is 16.3. The first-order valence-corrected chi connectivity index (χ1v) is 4.52. The lowest BCUT2D eigenvalue weighted by atomic mass is 10.2. The summed E-state index contributed by atoms with van der Waals surface area (Å²) in [6, 6.07) is 7.18. The summed E-state index contributed by atoms with van der Waals surface area (Å²) in [6.45, 7) is 0.744. The Kier molecular flexibility index (Phi) is 2.17. The number of rotatable bonds is 2. The van der Waals surface area contributed by atoms with Crippen molar-refractivity contribution in [1.29, 1.82) is 0 Å². The van der Waals surface area contributed by atoms with Crippen LogP contribution in [0.25, 0.3) is 11.0 Å². The van der Waals surface area contributed by atoms with E-state index in [0.717, 1.165) is 23.3 Å². The van der Waals surface area contributed by atoms with Crippen LogP contribution in [-0.2, 0) is 6.54 Å². The van der Waals surface area contributed by atoms with E-state index in [1.165, 1.54) is 0 Å². The molecule has 0 saturated carbocycles. The zero-order valence-electron chi connectivity index (χ0n) is 8.32. The monoisotopic (exact) mass is 191 g/mol. The molecule has 0 radical (unpaired) electrons. The van der Waals surface area contributed by atoms with Gasteiger partial charge in [-0.1, -0.05) is 6.07 Å². The zero-order chi connectivity index (χ0) is 10.1. The quantitative estimate of drug-likeness (QED) is 0.790. The molecule has 0 aliphatic rings. The fourth-order valence-electron chi connectivity index (χ4n) is 1.49. The number of hydrogen-bond donors (Lipinski definition) is 1. The van der Waals surface area contributed by atoms with Crippen LogP contribution in [-0.4, -0.2) is 24.1 Å². The van der Waals surface area contributed by atoms with Gasteiger partial charge in [0.1, 0.15) is 17.1 Å². The molecule has 74 valence electrons. The van der Waals surface area contributed by atoms with Gasteiger partial charge in [0.2, 0.25) is 0 Å². The predicted molar refractivity (Wildman–Crippen MR) is 55.3 cm³/mol. The molecule has 14 heavy (non-hydrogen) atoms. The fraction of sp³-hybridized carbons (Fsp3) is 0.273. The summed E-state index contributed by atoms with van der Waals surface area (Å²) in [5.41, 5.74) is 0.738. The molecule has 1 aromatic carbocycles. The van der Waals surface area contributed by atoms with Gasteiger partial charge >= 0.3 is 0 Å². The molecule has 2 aromatic rings. The van der Waals surface area contributed by atoms with Crippen LogP contribution in [0.1, 0.15) is 5.76 Å². The van der Waals surface area contributed by atoms with Gasteiger partial charge in [0.15, 0.2) is 0 Å². The van der Waals surface area contributed by atoms with Crippen LogP contribution >= 0.6 is 0 Å². The van der Waals surface area contributed by atoms with E-state index in [0.29, 0.717) is 0 Å². The molecule has 3 nitrogen and oxygen atoms in total. The van der Waals surface area contributed by atoms with Crippen molar-refractivity contribution in [2.45, 2.75) is 6.54 Å². The molecule has 0 atom stereocenters. The first-order chi connectivity index (χ1) is 6.66. The smallest absolute Gasteiger partial charge is 0.138 e. The van der Waals surface area contributed by atoms with E-state index in [4.69, 9.17) is 4.42 Å². The Morgan fingerprint density at radius 2 is 2.14 bits per heavy atom. The van der Waals surface area contributed by atoms with E-state index < -0.39 is 0 Å². The molecule has 1 aromatic heterocycles. The predicted octanol–water partition coefficient (Wildman–Crippen LogP) is 2.20. The van der Waals surface area contributed by atoms with Crippen molar-refractivity contribution in [2.24, 2.45) is 0 Å². The summed E-state index contributed by atoms with van der Waals surface area (Å²) in [5.74, 6) is 1.14. The van der Waals surface area contributed by atoms with Gasteiger partial charge in [-0.15, -0.1) is 0 Å². The van der Waals surface area contributed by atoms with E-state index in [1.54, 1.807) is 12.1 Å². The Hall–Kier alpha value is -1.48. The molecule has 0 amide bonds. The number of furan rings is 1. The minimum Gasteiger partial charge on any atom is -0.507 e. The lowest BCUT2D eigenvalue weighted by Crippen LogP contribution is -2.09. The van der Waals surface area contributed by atoms with Gasteiger partial charge in [-0.2, -0.15) is 0 Å². The second-order valence-corrected chi connectivity index (χ2v) is 3.64. The summed E-state index contributed by atoms with van der Waals surface area (Å²) in [7, 11) is 3.96. The van der Waals surface area contributed by atoms with E-state index >= 15 is 0 Å². The second-order valence-electron chi connectivity index (χ2n) is 3.64. The highest BCUT2D eigenvalue weighted by Crippen LogP contribution is 2.27. The molecule has 0 aliphatic heterocycles. The third-order valence-corrected chi connectivity index (χ3v) is 2.06. The maximum Gasteiger partial charge on any atom is 0.138 e. The van der Waals surface area contributed by atoms with Crippen LogP contribution < -0.4 is 0 Å². The lowest BCUT2D eigenvalue weighted by Gasteiger charge is -2.04. The first-order valence-electron chi connectivity index (χ1n) is 4.52. The average molecular weight is 191 g/mol. The Bertz CT molecular complexity index is 445. The molecule has 0 aliphatic carbocycles. The molecule has 0 spiro atoms. The topological polar surface area (TPSA) is 36.6 Å². The summed E-state index contributed by atoms with van der Waals surface area (Å²) < 4.78 is 5.56. The van der Waals surface area contributed by atoms with Gasteiger partial charge in [-0.05, 0) is 32.3 Å². The average Bonchev–Trinajstić information content (AvgIpc) is 2.47. The number of fused-ring (bicyclic) bond motifs is 1. The molecule has 0 bridgehead atoms. The highest BCUT2D eigenvalue weighted by Gasteiger charge is 2.07. The van der Waals surface area contributed by atoms with Crippen molar-refractivity contribution in [3.8, 4) is 5.75 Å². The lowest BCUT2D eigenvalue weighted by molar-refractivity contribution is 0.358. The number of nitrogens with zero attached hydrogens (tertiary/aromatic N) is 1. The van der Waals surface area contributed by atoms with Crippen LogP contribution in [0.4, 0.5) is 0 Å². The Morgan fingerprint density at radius 3 is 2.79 bits per heavy atom. The molecule has 3 heteroatoms. The van der Waals surface area contributed by atoms with Crippen molar-refractivity contribution >= 4 is 11.0 Å². The number of phenols is 1. The number of aromatic hydroxyl groups is 1. The third kappa shape index (κ3) is 1.59. The number of phenolic OH excluding ortho intramolecular Hbond substituents is 1. The molecule has 2 rings (SSSR count). The van der Waals surface area contributed by atoms with Gasteiger partial charge in [-0.3, -0.25) is 0 Å². The minimum absolute atomic E-state index is 0.274. The van der Waals surface area contributed by atoms with E-state index in [2.05, 4.69) is 0 Å². The maximum absolute atomic E-state index is 9.55. The molecule has 0 unspecified atom stereocenters. The second kappa shape index (κ2) is 3.35. The van der Waals surface area contributed by atoms with Crippen LogP contribution in [0.5, 0.6) is 5.75 Å². The Labute approximate surface area is 82.6 Å². The van der Waals surface area contributed by atoms with E-state index in [-0.39, 0.29) is 5.75 Å². The van der Waals surface area contributed by atoms with Gasteiger partial charge in [-0.25, -0.2) is 0 Å². The fourth-order valence-corrected chi connectivity index (χ4v) is 1.49. The van der Waals surface area contributed by atoms with Gasteiger partial charge < -0.3 is 14.4 Å². The standard InChI is InChI=1S/C11H13NO2/c1-12(2)7-8-6-9-10(13)4-3-5-11(9)14-8/h3-6,13H,7H2,1-2H3. The molecule has 1 heterocycles. The van der Waals surface area contributed by atoms with Crippen LogP contribution in [0.15, 0.2) is 28.7 Å². The minimum atomic E-state index is 0.274. The van der Waals surface area contributed by atoms with Crippen LogP contribution in [0.2, 0.25) is 0 Å². The molecule has 0 fully saturated rings. The summed E-state index contributed by atoms with van der Waals surface area (Å²) in [6.07, 6.45) is 0. The Morgan fingerprint density at radius 1 is 1.36 bits per heavy atom. The summed E-state index contributed by atoms with van der Waals surface area (Å²) in [4.78, 5) is 2.02. The van der Waals surface area contributed by atoms with Crippen molar-refractivity contribution in [1.82, 2.24) is 4.90 Å². The zero-order valence-corrected chi connectivity index (χ0v) is 8.32.